The van der Waals surface area contributed by atoms with Gasteiger partial charge < -0.3 is 9.84 Å². The Morgan fingerprint density at radius 2 is 1.91 bits per heavy atom. The molecular formula is C7H16FNO2. The SMILES string of the molecule is CF.OCCN1CCOCC1. The second-order valence-electron chi connectivity index (χ2n) is 2.18. The maximum Gasteiger partial charge on any atom is 0.0785 e. The highest BCUT2D eigenvalue weighted by Gasteiger charge is 2.07. The van der Waals surface area contributed by atoms with Gasteiger partial charge in [0.25, 0.3) is 0 Å². The molecule has 1 N–H and O–H groups in total. The van der Waals surface area contributed by atoms with Crippen LogP contribution in [0.1, 0.15) is 0 Å². The zero-order chi connectivity index (χ0) is 8.53. The van der Waals surface area contributed by atoms with Crippen LogP contribution in [0.5, 0.6) is 0 Å². The summed E-state index contributed by atoms with van der Waals surface area (Å²) in [4.78, 5) is 2.20. The van der Waals surface area contributed by atoms with Crippen molar-refractivity contribution in [2.75, 3.05) is 46.6 Å². The van der Waals surface area contributed by atoms with E-state index in [-0.39, 0.29) is 6.61 Å². The number of alkyl halides is 1. The maximum absolute atomic E-state index is 9.50. The Morgan fingerprint density at radius 3 is 2.36 bits per heavy atom. The van der Waals surface area contributed by atoms with Crippen molar-refractivity contribution in [1.82, 2.24) is 4.90 Å². The molecule has 0 spiro atoms. The number of morpholine rings is 1. The van der Waals surface area contributed by atoms with Gasteiger partial charge in [-0.15, -0.1) is 0 Å². The largest absolute Gasteiger partial charge is 0.395 e. The number of ether oxygens (including phenoxy) is 1. The summed E-state index contributed by atoms with van der Waals surface area (Å²) < 4.78 is 14.6. The van der Waals surface area contributed by atoms with Gasteiger partial charge in [-0.25, -0.2) is 0 Å². The molecule has 1 aliphatic rings. The highest BCUT2D eigenvalue weighted by atomic mass is 19.1. The number of aliphatic hydroxyl groups excluding tert-OH is 1. The van der Waals surface area contributed by atoms with E-state index in [4.69, 9.17) is 9.84 Å². The lowest BCUT2D eigenvalue weighted by Gasteiger charge is -2.25. The number of hydrogen-bond acceptors (Lipinski definition) is 3. The number of hydrogen-bond donors (Lipinski definition) is 1. The Kier molecular flexibility index (Phi) is 7.78. The van der Waals surface area contributed by atoms with E-state index in [1.165, 1.54) is 0 Å². The quantitative estimate of drug-likeness (QED) is 0.620. The van der Waals surface area contributed by atoms with Crippen molar-refractivity contribution in [2.24, 2.45) is 0 Å². The third kappa shape index (κ3) is 5.12. The van der Waals surface area contributed by atoms with Gasteiger partial charge in [-0.05, 0) is 0 Å². The lowest BCUT2D eigenvalue weighted by Crippen LogP contribution is -2.37. The second-order valence-corrected chi connectivity index (χ2v) is 2.18. The molecule has 0 saturated carbocycles. The summed E-state index contributed by atoms with van der Waals surface area (Å²) in [7, 11) is 0.500. The number of nitrogens with zero attached hydrogens (tertiary/aromatic N) is 1. The van der Waals surface area contributed by atoms with E-state index >= 15 is 0 Å². The minimum absolute atomic E-state index is 0.264. The average Bonchev–Trinajstić information content (AvgIpc) is 2.11. The molecule has 0 aromatic heterocycles. The van der Waals surface area contributed by atoms with Gasteiger partial charge in [0.1, 0.15) is 0 Å². The minimum atomic E-state index is 0.264. The standard InChI is InChI=1S/C6H13NO2.CH3F/c8-4-1-7-2-5-9-6-3-7;1-2/h8H,1-6H2;1H3. The molecule has 0 aromatic carbocycles. The lowest BCUT2D eigenvalue weighted by molar-refractivity contribution is 0.0306. The van der Waals surface area contributed by atoms with Gasteiger partial charge >= 0.3 is 0 Å². The van der Waals surface area contributed by atoms with E-state index in [2.05, 4.69) is 4.90 Å². The van der Waals surface area contributed by atoms with E-state index < -0.39 is 0 Å². The molecule has 1 heterocycles. The first-order chi connectivity index (χ1) is 5.43. The second kappa shape index (κ2) is 7.91. The van der Waals surface area contributed by atoms with Gasteiger partial charge in [-0.3, -0.25) is 9.29 Å². The Morgan fingerprint density at radius 1 is 1.36 bits per heavy atom. The van der Waals surface area contributed by atoms with Crippen molar-refractivity contribution >= 4 is 0 Å². The molecule has 68 valence electrons. The normalized spacial score (nSPS) is 18.8. The molecule has 0 amide bonds. The number of rotatable bonds is 2. The summed E-state index contributed by atoms with van der Waals surface area (Å²) in [6.07, 6.45) is 0. The average molecular weight is 165 g/mol. The van der Waals surface area contributed by atoms with E-state index in [0.29, 0.717) is 7.18 Å². The van der Waals surface area contributed by atoms with E-state index in [9.17, 15) is 4.39 Å². The first-order valence-corrected chi connectivity index (χ1v) is 3.72. The number of halogens is 1. The van der Waals surface area contributed by atoms with E-state index in [1.54, 1.807) is 0 Å². The van der Waals surface area contributed by atoms with Crippen LogP contribution in [-0.4, -0.2) is 56.6 Å². The van der Waals surface area contributed by atoms with Crippen molar-refractivity contribution in [3.63, 3.8) is 0 Å². The maximum atomic E-state index is 9.50. The van der Waals surface area contributed by atoms with Crippen LogP contribution in [0.15, 0.2) is 0 Å². The number of aliphatic hydroxyl groups is 1. The summed E-state index contributed by atoms with van der Waals surface area (Å²) in [5, 5.41) is 8.54. The van der Waals surface area contributed by atoms with Crippen LogP contribution >= 0.6 is 0 Å². The highest BCUT2D eigenvalue weighted by Crippen LogP contribution is 1.93. The molecule has 0 radical (unpaired) electrons. The van der Waals surface area contributed by atoms with Gasteiger partial charge in [0, 0.05) is 19.6 Å². The Hall–Kier alpha value is -0.190. The van der Waals surface area contributed by atoms with Gasteiger partial charge in [-0.1, -0.05) is 0 Å². The predicted molar refractivity (Wildman–Crippen MR) is 41.4 cm³/mol. The summed E-state index contributed by atoms with van der Waals surface area (Å²) in [6.45, 7) is 4.64. The zero-order valence-electron chi connectivity index (χ0n) is 6.92. The van der Waals surface area contributed by atoms with Crippen LogP contribution in [0.3, 0.4) is 0 Å². The van der Waals surface area contributed by atoms with Crippen LogP contribution in [0.2, 0.25) is 0 Å². The van der Waals surface area contributed by atoms with Crippen molar-refractivity contribution < 1.29 is 14.2 Å². The molecule has 0 atom stereocenters. The highest BCUT2D eigenvalue weighted by molar-refractivity contribution is 4.59. The Labute approximate surface area is 66.8 Å². The van der Waals surface area contributed by atoms with Crippen molar-refractivity contribution in [2.45, 2.75) is 0 Å². The van der Waals surface area contributed by atoms with Crippen LogP contribution in [-0.2, 0) is 4.74 Å². The summed E-state index contributed by atoms with van der Waals surface area (Å²) in [6, 6.07) is 0. The monoisotopic (exact) mass is 165 g/mol. The van der Waals surface area contributed by atoms with Gasteiger partial charge in [0.15, 0.2) is 0 Å². The fraction of sp³-hybridized carbons (Fsp3) is 1.00. The minimum Gasteiger partial charge on any atom is -0.395 e. The van der Waals surface area contributed by atoms with Gasteiger partial charge in [0.05, 0.1) is 27.0 Å². The molecule has 1 fully saturated rings. The van der Waals surface area contributed by atoms with Crippen molar-refractivity contribution in [3.8, 4) is 0 Å². The van der Waals surface area contributed by atoms with Gasteiger partial charge in [-0.2, -0.15) is 0 Å². The predicted octanol–water partition coefficient (Wildman–Crippen LogP) is -0.103. The van der Waals surface area contributed by atoms with Crippen LogP contribution in [0.4, 0.5) is 4.39 Å². The summed E-state index contributed by atoms with van der Waals surface area (Å²) in [5.74, 6) is 0. The molecule has 4 heteroatoms. The van der Waals surface area contributed by atoms with Crippen LogP contribution in [0, 0.1) is 0 Å². The van der Waals surface area contributed by atoms with E-state index in [1.807, 2.05) is 0 Å². The molecule has 3 nitrogen and oxygen atoms in total. The fourth-order valence-corrected chi connectivity index (χ4v) is 0.966. The Bertz CT molecular complexity index is 74.1. The molecule has 1 aliphatic heterocycles. The molecule has 0 bridgehead atoms. The van der Waals surface area contributed by atoms with Crippen LogP contribution < -0.4 is 0 Å². The van der Waals surface area contributed by atoms with Crippen molar-refractivity contribution in [1.29, 1.82) is 0 Å². The molecule has 11 heavy (non-hydrogen) atoms. The third-order valence-electron chi connectivity index (χ3n) is 1.52. The smallest absolute Gasteiger partial charge is 0.0785 e. The van der Waals surface area contributed by atoms with E-state index in [0.717, 1.165) is 32.8 Å². The molecule has 0 unspecified atom stereocenters. The number of β-amino-alcohol motifs (C(OH)–C–C–N with tert-alkyl or cyclic N) is 1. The Balaban J connectivity index is 0.000000461. The molecule has 1 rings (SSSR count). The third-order valence-corrected chi connectivity index (χ3v) is 1.52. The fourth-order valence-electron chi connectivity index (χ4n) is 0.966. The van der Waals surface area contributed by atoms with Crippen molar-refractivity contribution in [3.05, 3.63) is 0 Å². The lowest BCUT2D eigenvalue weighted by atomic mass is 10.4. The molecular weight excluding hydrogens is 149 g/mol. The first-order valence-electron chi connectivity index (χ1n) is 3.72. The summed E-state index contributed by atoms with van der Waals surface area (Å²) >= 11 is 0. The topological polar surface area (TPSA) is 32.7 Å². The summed E-state index contributed by atoms with van der Waals surface area (Å²) in [5.41, 5.74) is 0. The first kappa shape index (κ1) is 10.8. The molecule has 0 aliphatic carbocycles. The van der Waals surface area contributed by atoms with Gasteiger partial charge in [0.2, 0.25) is 0 Å². The van der Waals surface area contributed by atoms with Crippen LogP contribution in [0.25, 0.3) is 0 Å². The zero-order valence-corrected chi connectivity index (χ0v) is 6.92. The molecule has 0 aromatic rings. The molecule has 1 saturated heterocycles.